The lowest BCUT2D eigenvalue weighted by atomic mass is 9.33. The van der Waals surface area contributed by atoms with Crippen molar-refractivity contribution in [2.24, 2.45) is 0 Å². The minimum absolute atomic E-state index is 0.000800. The molecule has 4 heteroatoms. The average Bonchev–Trinajstić information content (AvgIpc) is 0.744. The van der Waals surface area contributed by atoms with Gasteiger partial charge in [0.1, 0.15) is 0 Å². The first-order valence-corrected chi connectivity index (χ1v) is 34.6. The predicted octanol–water partition coefficient (Wildman–Crippen LogP) is 22.8. The van der Waals surface area contributed by atoms with Crippen LogP contribution in [0.1, 0.15) is 156 Å². The molecule has 0 bridgehead atoms. The van der Waals surface area contributed by atoms with Crippen LogP contribution in [0.3, 0.4) is 0 Å². The second kappa shape index (κ2) is 21.2. The van der Waals surface area contributed by atoms with Gasteiger partial charge in [0.2, 0.25) is 0 Å². The van der Waals surface area contributed by atoms with Gasteiger partial charge in [-0.25, -0.2) is 0 Å². The summed E-state index contributed by atoms with van der Waals surface area (Å²) in [4.78, 5) is 5.23. The smallest absolute Gasteiger partial charge is 0.252 e. The molecule has 3 heterocycles. The first-order chi connectivity index (χ1) is 44.8. The number of benzene rings is 11. The quantitative estimate of drug-likeness (QED) is 0.147. The number of hydrogen-bond acceptors (Lipinski definition) is 2. The Morgan fingerprint density at radius 1 is 0.298 bits per heavy atom. The lowest BCUT2D eigenvalue weighted by Gasteiger charge is -2.44. The van der Waals surface area contributed by atoms with E-state index in [-0.39, 0.29) is 39.2 Å². The van der Waals surface area contributed by atoms with Crippen molar-refractivity contribution < 1.29 is 0 Å². The van der Waals surface area contributed by atoms with Gasteiger partial charge in [-0.2, -0.15) is 0 Å². The molecule has 16 rings (SSSR count). The molecule has 2 aliphatic heterocycles. The molecular formula is C90H88BN3. The van der Waals surface area contributed by atoms with E-state index in [9.17, 15) is 0 Å². The molecule has 4 aliphatic rings. The van der Waals surface area contributed by atoms with Crippen molar-refractivity contribution >= 4 is 79.0 Å². The zero-order valence-corrected chi connectivity index (χ0v) is 57.7. The van der Waals surface area contributed by atoms with Gasteiger partial charge in [-0.05, 0) is 225 Å². The van der Waals surface area contributed by atoms with Gasteiger partial charge in [-0.15, -0.1) is 0 Å². The first kappa shape index (κ1) is 59.9. The normalized spacial score (nSPS) is 16.5. The molecule has 12 aromatic rings. The highest BCUT2D eigenvalue weighted by molar-refractivity contribution is 7.00. The van der Waals surface area contributed by atoms with Crippen LogP contribution in [0.2, 0.25) is 0 Å². The molecule has 11 aromatic carbocycles. The molecule has 0 N–H and O–H groups in total. The van der Waals surface area contributed by atoms with Crippen molar-refractivity contribution in [1.29, 1.82) is 0 Å². The van der Waals surface area contributed by atoms with Crippen molar-refractivity contribution in [1.82, 2.24) is 4.57 Å². The van der Waals surface area contributed by atoms with E-state index in [0.29, 0.717) is 0 Å². The lowest BCUT2D eigenvalue weighted by molar-refractivity contribution is 0.332. The molecular weight excluding hydrogens is 1130 g/mol. The van der Waals surface area contributed by atoms with Crippen LogP contribution in [0.4, 0.5) is 34.1 Å². The van der Waals surface area contributed by atoms with E-state index in [1.807, 2.05) is 0 Å². The molecule has 0 atom stereocenters. The van der Waals surface area contributed by atoms with Crippen LogP contribution in [0.15, 0.2) is 231 Å². The zero-order valence-electron chi connectivity index (χ0n) is 57.7. The van der Waals surface area contributed by atoms with Crippen LogP contribution in [-0.2, 0) is 32.5 Å². The molecule has 0 radical (unpaired) electrons. The fourth-order valence-electron chi connectivity index (χ4n) is 16.7. The highest BCUT2D eigenvalue weighted by Gasteiger charge is 2.45. The largest absolute Gasteiger partial charge is 0.311 e. The van der Waals surface area contributed by atoms with E-state index in [1.165, 1.54) is 165 Å². The molecule has 466 valence electrons. The van der Waals surface area contributed by atoms with Gasteiger partial charge < -0.3 is 14.4 Å². The predicted molar refractivity (Wildman–Crippen MR) is 405 cm³/mol. The summed E-state index contributed by atoms with van der Waals surface area (Å²) >= 11 is 0. The molecule has 0 fully saturated rings. The highest BCUT2D eigenvalue weighted by Crippen LogP contribution is 2.52. The Kier molecular flexibility index (Phi) is 13.5. The van der Waals surface area contributed by atoms with Crippen molar-refractivity contribution in [3.63, 3.8) is 0 Å². The Bertz CT molecular complexity index is 5020. The summed E-state index contributed by atoms with van der Waals surface area (Å²) in [6, 6.07) is 90.0. The van der Waals surface area contributed by atoms with Crippen LogP contribution in [0.25, 0.3) is 72.0 Å². The van der Waals surface area contributed by atoms with Gasteiger partial charge in [-0.1, -0.05) is 255 Å². The number of hydrogen-bond donors (Lipinski definition) is 0. The zero-order chi connectivity index (χ0) is 65.2. The molecule has 94 heavy (non-hydrogen) atoms. The minimum atomic E-state index is -0.101. The third kappa shape index (κ3) is 9.74. The van der Waals surface area contributed by atoms with Crippen LogP contribution < -0.4 is 26.2 Å². The molecule has 0 amide bonds. The molecule has 0 saturated heterocycles. The van der Waals surface area contributed by atoms with Gasteiger partial charge in [0.25, 0.3) is 6.71 Å². The third-order valence-electron chi connectivity index (χ3n) is 22.7. The van der Waals surface area contributed by atoms with E-state index in [1.54, 1.807) is 0 Å². The van der Waals surface area contributed by atoms with Gasteiger partial charge >= 0.3 is 0 Å². The average molecular weight is 1220 g/mol. The second-order valence-corrected chi connectivity index (χ2v) is 32.7. The SMILES string of the molecule is CC(C)(C)c1ccc(-c2cc3c4c(c2)N(c2ccc(-c5ccc6c(c5)C(C)(C)CCC6(C)C)cc2)c2cc(-n5c6ccccc6c6cc(C(C)(C)C)ccc65)ccc2B4c2ccc(-c4ccccc4)cc2N3c2ccc(-c3ccc4c(c3)C(C)(C)CCC4(C)C)cc2)cc1. The van der Waals surface area contributed by atoms with Gasteiger partial charge in [0.05, 0.1) is 11.0 Å². The van der Waals surface area contributed by atoms with Gasteiger partial charge in [-0.3, -0.25) is 0 Å². The number of anilines is 6. The Hall–Kier alpha value is -9.12. The summed E-state index contributed by atoms with van der Waals surface area (Å²) in [6.45, 7) is 33.2. The fraction of sp³-hybridized carbons (Fsp3) is 0.267. The third-order valence-corrected chi connectivity index (χ3v) is 22.7. The number of fused-ring (bicyclic) bond motifs is 9. The lowest BCUT2D eigenvalue weighted by Crippen LogP contribution is -2.61. The first-order valence-electron chi connectivity index (χ1n) is 34.6. The number of nitrogens with zero attached hydrogens (tertiary/aromatic N) is 3. The molecule has 0 spiro atoms. The van der Waals surface area contributed by atoms with Crippen LogP contribution in [-0.4, -0.2) is 11.3 Å². The van der Waals surface area contributed by atoms with E-state index in [4.69, 9.17) is 0 Å². The monoisotopic (exact) mass is 1220 g/mol. The standard InChI is InChI=1S/C90H88BN3/c1-85(2,3)65-33-24-60(25-34-65)64-53-82-84-83(54-64)93(68-38-28-59(29-39-68)62-31-42-73-75(51-62)90(13,14)49-47-88(73,9)10)81-56-69(94-78-23-19-18-22-70(78)71-55-66(86(4,5)6)35-45-79(71)94)40-44-77(81)91(84)76-43-32-63(57-20-16-15-17-21-57)52-80(76)92(82)67-36-26-58(27-37-67)61-30-41-72-74(50-61)89(11,12)48-46-87(72,7)8/h15-45,50-56H,46-49H2,1-14H3. The summed E-state index contributed by atoms with van der Waals surface area (Å²) < 4.78 is 2.52. The molecule has 0 saturated carbocycles. The Labute approximate surface area is 559 Å². The second-order valence-electron chi connectivity index (χ2n) is 32.7. The van der Waals surface area contributed by atoms with Crippen molar-refractivity contribution in [2.75, 3.05) is 9.80 Å². The number of para-hydroxylation sites is 1. The van der Waals surface area contributed by atoms with Crippen LogP contribution in [0.5, 0.6) is 0 Å². The maximum atomic E-state index is 2.62. The fourth-order valence-corrected chi connectivity index (χ4v) is 16.7. The summed E-state index contributed by atoms with van der Waals surface area (Å²) in [7, 11) is 0. The highest BCUT2D eigenvalue weighted by atomic mass is 15.2. The summed E-state index contributed by atoms with van der Waals surface area (Å²) in [5.74, 6) is 0. The van der Waals surface area contributed by atoms with Crippen molar-refractivity contribution in [3.05, 3.63) is 264 Å². The maximum Gasteiger partial charge on any atom is 0.252 e. The van der Waals surface area contributed by atoms with Crippen molar-refractivity contribution in [2.45, 2.75) is 155 Å². The Morgan fingerprint density at radius 3 is 1.23 bits per heavy atom. The summed E-state index contributed by atoms with van der Waals surface area (Å²) in [5.41, 5.74) is 33.3. The molecule has 2 aliphatic carbocycles. The van der Waals surface area contributed by atoms with E-state index in [0.717, 1.165) is 17.1 Å². The Morgan fingerprint density at radius 2 is 0.691 bits per heavy atom. The Balaban J connectivity index is 0.948. The van der Waals surface area contributed by atoms with Crippen LogP contribution >= 0.6 is 0 Å². The topological polar surface area (TPSA) is 11.4 Å². The summed E-state index contributed by atoms with van der Waals surface area (Å²) in [6.07, 6.45) is 4.75. The number of aromatic nitrogens is 1. The molecule has 0 unspecified atom stereocenters. The van der Waals surface area contributed by atoms with E-state index in [2.05, 4.69) is 342 Å². The van der Waals surface area contributed by atoms with Crippen molar-refractivity contribution in [3.8, 4) is 50.2 Å². The van der Waals surface area contributed by atoms with Gasteiger partial charge in [0, 0.05) is 50.6 Å². The summed E-state index contributed by atoms with van der Waals surface area (Å²) in [5, 5.41) is 2.54. The maximum absolute atomic E-state index is 2.62. The minimum Gasteiger partial charge on any atom is -0.311 e. The van der Waals surface area contributed by atoms with E-state index >= 15 is 0 Å². The molecule has 3 nitrogen and oxygen atoms in total. The van der Waals surface area contributed by atoms with E-state index < -0.39 is 0 Å². The van der Waals surface area contributed by atoms with Gasteiger partial charge in [0.15, 0.2) is 0 Å². The molecule has 1 aromatic heterocycles. The number of rotatable bonds is 7. The van der Waals surface area contributed by atoms with Crippen LogP contribution in [0, 0.1) is 0 Å².